The van der Waals surface area contributed by atoms with E-state index in [1.54, 1.807) is 0 Å². The number of hydrogen-bond acceptors (Lipinski definition) is 3. The Morgan fingerprint density at radius 1 is 1.17 bits per heavy atom. The van der Waals surface area contributed by atoms with Crippen LogP contribution in [0.25, 0.3) is 0 Å². The summed E-state index contributed by atoms with van der Waals surface area (Å²) in [5.41, 5.74) is -0.106. The van der Waals surface area contributed by atoms with Crippen molar-refractivity contribution < 1.29 is 0 Å². The first-order valence-corrected chi connectivity index (χ1v) is 4.32. The van der Waals surface area contributed by atoms with Gasteiger partial charge in [0.25, 0.3) is 0 Å². The van der Waals surface area contributed by atoms with Crippen LogP contribution in [0, 0.1) is 0 Å². The summed E-state index contributed by atoms with van der Waals surface area (Å²) in [6, 6.07) is 0.408. The van der Waals surface area contributed by atoms with E-state index >= 15 is 0 Å². The molecule has 0 aromatic heterocycles. The zero-order valence-electron chi connectivity index (χ0n) is 8.73. The summed E-state index contributed by atoms with van der Waals surface area (Å²) >= 11 is 0. The van der Waals surface area contributed by atoms with Crippen molar-refractivity contribution in [2.24, 2.45) is 0 Å². The minimum Gasteiger partial charge on any atom is -0.314 e. The molecule has 0 aliphatic rings. The lowest BCUT2D eigenvalue weighted by molar-refractivity contribution is 0.411. The highest BCUT2D eigenvalue weighted by molar-refractivity contribution is 5.04. The fourth-order valence-electron chi connectivity index (χ4n) is 0.725. The molecule has 0 saturated heterocycles. The molecule has 0 heterocycles. The van der Waals surface area contributed by atoms with Crippen molar-refractivity contribution in [1.82, 2.24) is 16.0 Å². The van der Waals surface area contributed by atoms with Crippen LogP contribution < -0.4 is 16.0 Å². The third-order valence-electron chi connectivity index (χ3n) is 2.21. The minimum atomic E-state index is -0.106. The van der Waals surface area contributed by atoms with E-state index in [2.05, 4.69) is 41.9 Å². The second-order valence-corrected chi connectivity index (χ2v) is 3.14. The molecule has 0 aliphatic heterocycles. The molecule has 0 radical (unpaired) electrons. The third kappa shape index (κ3) is 3.85. The topological polar surface area (TPSA) is 36.1 Å². The van der Waals surface area contributed by atoms with Crippen LogP contribution in [0.1, 0.15) is 13.8 Å². The van der Waals surface area contributed by atoms with E-state index in [0.29, 0.717) is 6.04 Å². The Morgan fingerprint density at radius 3 is 2.00 bits per heavy atom. The molecular formula is C9H21N3. The van der Waals surface area contributed by atoms with Gasteiger partial charge in [0.05, 0.1) is 5.66 Å². The molecule has 1 unspecified atom stereocenters. The van der Waals surface area contributed by atoms with Crippen LogP contribution in [0.2, 0.25) is 0 Å². The number of hydrogen-bond donors (Lipinski definition) is 3. The van der Waals surface area contributed by atoms with Gasteiger partial charge in [0.2, 0.25) is 0 Å². The number of rotatable bonds is 5. The molecule has 0 saturated carbocycles. The molecular weight excluding hydrogens is 150 g/mol. The van der Waals surface area contributed by atoms with Crippen molar-refractivity contribution in [2.75, 3.05) is 21.1 Å². The van der Waals surface area contributed by atoms with E-state index in [4.69, 9.17) is 0 Å². The molecule has 0 bridgehead atoms. The van der Waals surface area contributed by atoms with E-state index < -0.39 is 0 Å². The van der Waals surface area contributed by atoms with E-state index in [-0.39, 0.29) is 5.66 Å². The molecule has 0 rings (SSSR count). The molecule has 3 nitrogen and oxygen atoms in total. The molecule has 12 heavy (non-hydrogen) atoms. The monoisotopic (exact) mass is 171 g/mol. The van der Waals surface area contributed by atoms with Gasteiger partial charge in [-0.2, -0.15) is 0 Å². The molecule has 0 fully saturated rings. The van der Waals surface area contributed by atoms with Crippen molar-refractivity contribution in [3.05, 3.63) is 12.2 Å². The first-order chi connectivity index (χ1) is 5.58. The number of likely N-dealkylation sites (N-methyl/N-ethyl adjacent to an activating group) is 3. The summed E-state index contributed by atoms with van der Waals surface area (Å²) < 4.78 is 0. The predicted molar refractivity (Wildman–Crippen MR) is 54.2 cm³/mol. The van der Waals surface area contributed by atoms with Gasteiger partial charge in [0.1, 0.15) is 0 Å². The standard InChI is InChI=1S/C9H21N3/c1-8(10-3)6-7-9(2,11-4)12-5/h6-8,10-12H,1-5H3. The molecule has 72 valence electrons. The maximum atomic E-state index is 3.18. The molecule has 0 aromatic carbocycles. The van der Waals surface area contributed by atoms with E-state index in [1.807, 2.05) is 21.1 Å². The summed E-state index contributed by atoms with van der Waals surface area (Å²) in [6.07, 6.45) is 4.25. The first kappa shape index (κ1) is 11.6. The van der Waals surface area contributed by atoms with Crippen LogP contribution in [0.3, 0.4) is 0 Å². The number of nitrogens with one attached hydrogen (secondary N) is 3. The molecule has 3 heteroatoms. The van der Waals surface area contributed by atoms with Crippen molar-refractivity contribution in [1.29, 1.82) is 0 Å². The Kier molecular flexibility index (Phi) is 5.13. The minimum absolute atomic E-state index is 0.106. The maximum Gasteiger partial charge on any atom is 0.0845 e. The summed E-state index contributed by atoms with van der Waals surface area (Å²) in [5.74, 6) is 0. The molecule has 0 aromatic rings. The SMILES string of the molecule is CNC(C)C=CC(C)(NC)NC. The Morgan fingerprint density at radius 2 is 1.67 bits per heavy atom. The lowest BCUT2D eigenvalue weighted by Gasteiger charge is -2.25. The van der Waals surface area contributed by atoms with Gasteiger partial charge >= 0.3 is 0 Å². The molecule has 1 atom stereocenters. The van der Waals surface area contributed by atoms with E-state index in [0.717, 1.165) is 0 Å². The molecule has 0 aliphatic carbocycles. The fraction of sp³-hybridized carbons (Fsp3) is 0.778. The summed E-state index contributed by atoms with van der Waals surface area (Å²) in [4.78, 5) is 0. The molecule has 0 amide bonds. The van der Waals surface area contributed by atoms with Gasteiger partial charge in [0.15, 0.2) is 0 Å². The fourth-order valence-corrected chi connectivity index (χ4v) is 0.725. The van der Waals surface area contributed by atoms with Crippen LogP contribution in [-0.2, 0) is 0 Å². The average Bonchev–Trinajstić information content (AvgIpc) is 2.13. The highest BCUT2D eigenvalue weighted by atomic mass is 15.1. The van der Waals surface area contributed by atoms with Crippen LogP contribution in [0.4, 0.5) is 0 Å². The zero-order valence-corrected chi connectivity index (χ0v) is 8.73. The van der Waals surface area contributed by atoms with Crippen molar-refractivity contribution >= 4 is 0 Å². The van der Waals surface area contributed by atoms with Crippen LogP contribution in [0.15, 0.2) is 12.2 Å². The Labute approximate surface area is 75.6 Å². The summed E-state index contributed by atoms with van der Waals surface area (Å²) in [7, 11) is 5.82. The van der Waals surface area contributed by atoms with Crippen molar-refractivity contribution in [3.63, 3.8) is 0 Å². The van der Waals surface area contributed by atoms with Gasteiger partial charge in [-0.25, -0.2) is 0 Å². The highest BCUT2D eigenvalue weighted by Crippen LogP contribution is 1.99. The van der Waals surface area contributed by atoms with Gasteiger partial charge in [0, 0.05) is 6.04 Å². The zero-order chi connectivity index (χ0) is 9.61. The smallest absolute Gasteiger partial charge is 0.0845 e. The van der Waals surface area contributed by atoms with Crippen LogP contribution in [-0.4, -0.2) is 32.8 Å². The van der Waals surface area contributed by atoms with E-state index in [9.17, 15) is 0 Å². The highest BCUT2D eigenvalue weighted by Gasteiger charge is 2.13. The molecule has 3 N–H and O–H groups in total. The third-order valence-corrected chi connectivity index (χ3v) is 2.21. The normalized spacial score (nSPS) is 15.4. The maximum absolute atomic E-state index is 3.18. The van der Waals surface area contributed by atoms with E-state index in [1.165, 1.54) is 0 Å². The van der Waals surface area contributed by atoms with Gasteiger partial charge in [-0.05, 0) is 35.0 Å². The van der Waals surface area contributed by atoms with Crippen LogP contribution in [0.5, 0.6) is 0 Å². The first-order valence-electron chi connectivity index (χ1n) is 4.32. The van der Waals surface area contributed by atoms with Crippen molar-refractivity contribution in [2.45, 2.75) is 25.6 Å². The van der Waals surface area contributed by atoms with Crippen LogP contribution >= 0.6 is 0 Å². The lowest BCUT2D eigenvalue weighted by atomic mass is 10.1. The summed E-state index contributed by atoms with van der Waals surface area (Å²) in [5, 5.41) is 9.51. The summed E-state index contributed by atoms with van der Waals surface area (Å²) in [6.45, 7) is 4.20. The second kappa shape index (κ2) is 5.30. The molecule has 0 spiro atoms. The second-order valence-electron chi connectivity index (χ2n) is 3.14. The van der Waals surface area contributed by atoms with Gasteiger partial charge < -0.3 is 5.32 Å². The Hall–Kier alpha value is -0.380. The van der Waals surface area contributed by atoms with Gasteiger partial charge in [-0.1, -0.05) is 12.2 Å². The quantitative estimate of drug-likeness (QED) is 0.411. The lowest BCUT2D eigenvalue weighted by Crippen LogP contribution is -2.49. The Bertz CT molecular complexity index is 139. The van der Waals surface area contributed by atoms with Gasteiger partial charge in [-0.15, -0.1) is 0 Å². The van der Waals surface area contributed by atoms with Crippen molar-refractivity contribution in [3.8, 4) is 0 Å². The average molecular weight is 171 g/mol. The largest absolute Gasteiger partial charge is 0.314 e. The van der Waals surface area contributed by atoms with Gasteiger partial charge in [-0.3, -0.25) is 10.6 Å². The predicted octanol–water partition coefficient (Wildman–Crippen LogP) is 0.306. The Balaban J connectivity index is 4.09.